The first-order valence-corrected chi connectivity index (χ1v) is 7.35. The molecule has 0 aromatic rings. The van der Waals surface area contributed by atoms with Gasteiger partial charge in [0.05, 0.1) is 6.61 Å². The van der Waals surface area contributed by atoms with Gasteiger partial charge in [0.25, 0.3) is 0 Å². The summed E-state index contributed by atoms with van der Waals surface area (Å²) in [7, 11) is 0. The van der Waals surface area contributed by atoms with Crippen LogP contribution in [0.1, 0.15) is 40.5 Å². The molecular formula is C14H24O7. The van der Waals surface area contributed by atoms with Crippen molar-refractivity contribution in [3.63, 3.8) is 0 Å². The van der Waals surface area contributed by atoms with E-state index in [0.717, 1.165) is 12.8 Å². The maximum atomic E-state index is 10.9. The normalized spacial score (nSPS) is 33.9. The molecule has 7 heteroatoms. The van der Waals surface area contributed by atoms with Gasteiger partial charge in [-0.1, -0.05) is 13.3 Å². The Morgan fingerprint density at radius 1 is 1.29 bits per heavy atom. The van der Waals surface area contributed by atoms with E-state index in [1.165, 1.54) is 6.92 Å². The summed E-state index contributed by atoms with van der Waals surface area (Å²) in [5.41, 5.74) is 0. The number of ether oxygens (including phenoxy) is 4. The fourth-order valence-corrected chi connectivity index (χ4v) is 2.33. The van der Waals surface area contributed by atoms with Gasteiger partial charge in [0.2, 0.25) is 0 Å². The van der Waals surface area contributed by atoms with E-state index in [1.54, 1.807) is 0 Å². The van der Waals surface area contributed by atoms with Crippen LogP contribution >= 0.6 is 0 Å². The number of carbonyl (C=O) groups is 1. The van der Waals surface area contributed by atoms with E-state index in [0.29, 0.717) is 6.61 Å². The molecule has 0 aliphatic carbocycles. The molecule has 21 heavy (non-hydrogen) atoms. The van der Waals surface area contributed by atoms with Crippen molar-refractivity contribution in [1.29, 1.82) is 0 Å². The van der Waals surface area contributed by atoms with Gasteiger partial charge in [-0.25, -0.2) is 9.78 Å². The van der Waals surface area contributed by atoms with Crippen LogP contribution in [0.3, 0.4) is 0 Å². The zero-order chi connectivity index (χ0) is 15.5. The number of rotatable bonds is 7. The Hall–Kier alpha value is -0.730. The van der Waals surface area contributed by atoms with Gasteiger partial charge in [-0.15, -0.1) is 0 Å². The second-order valence-corrected chi connectivity index (χ2v) is 5.68. The summed E-state index contributed by atoms with van der Waals surface area (Å²) in [5, 5.41) is 0. The molecule has 2 heterocycles. The molecule has 0 aromatic heterocycles. The van der Waals surface area contributed by atoms with Crippen molar-refractivity contribution in [2.24, 2.45) is 0 Å². The standard InChI is InChI=1S/C14H24O7/c1-5-6-7-17-21-11-10(8-16-9(2)15)18-13-12(11)19-14(3,4)20-13/h10-13H,5-8H2,1-4H3/t10-,11+,12-,13?/m1/s1. The lowest BCUT2D eigenvalue weighted by Gasteiger charge is -2.24. The number of hydrogen-bond donors (Lipinski definition) is 0. The van der Waals surface area contributed by atoms with Crippen molar-refractivity contribution in [2.45, 2.75) is 70.9 Å². The fourth-order valence-electron chi connectivity index (χ4n) is 2.33. The Balaban J connectivity index is 1.92. The summed E-state index contributed by atoms with van der Waals surface area (Å²) < 4.78 is 22.1. The fraction of sp³-hybridized carbons (Fsp3) is 0.929. The smallest absolute Gasteiger partial charge is 0.302 e. The predicted octanol–water partition coefficient (Wildman–Crippen LogP) is 1.54. The number of carbonyl (C=O) groups excluding carboxylic acids is 1. The summed E-state index contributed by atoms with van der Waals surface area (Å²) in [6, 6.07) is 0. The second kappa shape index (κ2) is 7.02. The highest BCUT2D eigenvalue weighted by Crippen LogP contribution is 2.38. The maximum Gasteiger partial charge on any atom is 0.302 e. The van der Waals surface area contributed by atoms with E-state index < -0.39 is 30.4 Å². The summed E-state index contributed by atoms with van der Waals surface area (Å²) >= 11 is 0. The van der Waals surface area contributed by atoms with Crippen molar-refractivity contribution in [3.8, 4) is 0 Å². The summed E-state index contributed by atoms with van der Waals surface area (Å²) in [6.07, 6.45) is 0.0105. The van der Waals surface area contributed by atoms with Crippen molar-refractivity contribution >= 4 is 5.97 Å². The van der Waals surface area contributed by atoms with Gasteiger partial charge in [-0.05, 0) is 20.3 Å². The van der Waals surface area contributed by atoms with Crippen LogP contribution in [0.25, 0.3) is 0 Å². The third kappa shape index (κ3) is 4.37. The van der Waals surface area contributed by atoms with Gasteiger partial charge in [-0.2, -0.15) is 0 Å². The van der Waals surface area contributed by atoms with E-state index >= 15 is 0 Å². The highest BCUT2D eigenvalue weighted by molar-refractivity contribution is 5.65. The SMILES string of the molecule is CCCCOO[C@H]1[C@@H](COC(C)=O)OC2OC(C)(C)O[C@@H]21. The minimum Gasteiger partial charge on any atom is -0.463 e. The zero-order valence-electron chi connectivity index (χ0n) is 13.0. The molecule has 7 nitrogen and oxygen atoms in total. The van der Waals surface area contributed by atoms with Crippen LogP contribution < -0.4 is 0 Å². The number of fused-ring (bicyclic) bond motifs is 1. The Morgan fingerprint density at radius 3 is 2.71 bits per heavy atom. The van der Waals surface area contributed by atoms with Gasteiger partial charge in [0.15, 0.2) is 18.2 Å². The number of hydrogen-bond acceptors (Lipinski definition) is 7. The molecule has 2 aliphatic heterocycles. The van der Waals surface area contributed by atoms with E-state index in [9.17, 15) is 4.79 Å². The third-order valence-corrected chi connectivity index (χ3v) is 3.30. The molecule has 0 radical (unpaired) electrons. The summed E-state index contributed by atoms with van der Waals surface area (Å²) in [5.74, 6) is -1.10. The molecule has 0 spiro atoms. The lowest BCUT2D eigenvalue weighted by atomic mass is 10.1. The quantitative estimate of drug-likeness (QED) is 0.306. The van der Waals surface area contributed by atoms with Crippen LogP contribution in [-0.2, 0) is 33.5 Å². The van der Waals surface area contributed by atoms with Crippen LogP contribution in [0.5, 0.6) is 0 Å². The molecular weight excluding hydrogens is 280 g/mol. The van der Waals surface area contributed by atoms with Crippen LogP contribution in [0.4, 0.5) is 0 Å². The molecule has 0 saturated carbocycles. The van der Waals surface area contributed by atoms with Gasteiger partial charge in [0, 0.05) is 6.92 Å². The number of esters is 1. The lowest BCUT2D eigenvalue weighted by molar-refractivity contribution is -0.349. The molecule has 4 atom stereocenters. The van der Waals surface area contributed by atoms with E-state index in [1.807, 2.05) is 13.8 Å². The molecule has 2 fully saturated rings. The summed E-state index contributed by atoms with van der Waals surface area (Å²) in [6.45, 7) is 7.61. The average molecular weight is 304 g/mol. The second-order valence-electron chi connectivity index (χ2n) is 5.68. The Labute approximate surface area is 124 Å². The van der Waals surface area contributed by atoms with E-state index in [-0.39, 0.29) is 12.6 Å². The molecule has 0 N–H and O–H groups in total. The Kier molecular flexibility index (Phi) is 5.56. The van der Waals surface area contributed by atoms with Crippen LogP contribution in [0.2, 0.25) is 0 Å². The van der Waals surface area contributed by atoms with Crippen LogP contribution in [-0.4, -0.2) is 49.6 Å². The van der Waals surface area contributed by atoms with Crippen molar-refractivity contribution < 1.29 is 33.5 Å². The molecule has 0 bridgehead atoms. The molecule has 2 rings (SSSR count). The monoisotopic (exact) mass is 304 g/mol. The molecule has 122 valence electrons. The Bertz CT molecular complexity index is 357. The zero-order valence-corrected chi connectivity index (χ0v) is 13.0. The van der Waals surface area contributed by atoms with Crippen molar-refractivity contribution in [1.82, 2.24) is 0 Å². The topological polar surface area (TPSA) is 72.5 Å². The molecule has 2 aliphatic rings. The molecule has 0 aromatic carbocycles. The van der Waals surface area contributed by atoms with Crippen molar-refractivity contribution in [2.75, 3.05) is 13.2 Å². The van der Waals surface area contributed by atoms with Crippen LogP contribution in [0, 0.1) is 0 Å². The number of unbranched alkanes of at least 4 members (excludes halogenated alkanes) is 1. The van der Waals surface area contributed by atoms with Gasteiger partial charge in [0.1, 0.15) is 18.8 Å². The van der Waals surface area contributed by atoms with E-state index in [4.69, 9.17) is 28.7 Å². The van der Waals surface area contributed by atoms with Gasteiger partial charge < -0.3 is 18.9 Å². The lowest BCUT2D eigenvalue weighted by Crippen LogP contribution is -2.39. The minimum absolute atomic E-state index is 0.0806. The van der Waals surface area contributed by atoms with Gasteiger partial charge in [-0.3, -0.25) is 4.79 Å². The highest BCUT2D eigenvalue weighted by Gasteiger charge is 2.56. The molecule has 0 amide bonds. The maximum absolute atomic E-state index is 10.9. The van der Waals surface area contributed by atoms with Gasteiger partial charge >= 0.3 is 5.97 Å². The van der Waals surface area contributed by atoms with Crippen LogP contribution in [0.15, 0.2) is 0 Å². The molecule has 1 unspecified atom stereocenters. The predicted molar refractivity (Wildman–Crippen MR) is 71.1 cm³/mol. The third-order valence-electron chi connectivity index (χ3n) is 3.30. The van der Waals surface area contributed by atoms with Crippen molar-refractivity contribution in [3.05, 3.63) is 0 Å². The molecule has 2 saturated heterocycles. The summed E-state index contributed by atoms with van der Waals surface area (Å²) in [4.78, 5) is 21.6. The first-order chi connectivity index (χ1) is 9.93. The largest absolute Gasteiger partial charge is 0.463 e. The van der Waals surface area contributed by atoms with E-state index in [2.05, 4.69) is 6.92 Å². The first-order valence-electron chi connectivity index (χ1n) is 7.35. The average Bonchev–Trinajstić information content (AvgIpc) is 2.84. The first kappa shape index (κ1) is 16.6. The minimum atomic E-state index is -0.729. The Morgan fingerprint density at radius 2 is 2.05 bits per heavy atom. The highest BCUT2D eigenvalue weighted by atomic mass is 17.2.